The van der Waals surface area contributed by atoms with Crippen LogP contribution in [0.3, 0.4) is 0 Å². The Balaban J connectivity index is 1.86. The van der Waals surface area contributed by atoms with E-state index in [9.17, 15) is 18.5 Å². The molecule has 0 amide bonds. The van der Waals surface area contributed by atoms with Crippen LogP contribution in [-0.4, -0.2) is 19.9 Å². The number of rotatable bonds is 5. The van der Waals surface area contributed by atoms with Gasteiger partial charge in [-0.1, -0.05) is 30.3 Å². The number of hydrogen-bond donors (Lipinski definition) is 2. The van der Waals surface area contributed by atoms with Crippen LogP contribution < -0.4 is 10.5 Å². The molecule has 0 aromatic heterocycles. The minimum Gasteiger partial charge on any atom is -0.379 e. The van der Waals surface area contributed by atoms with Crippen LogP contribution in [0.15, 0.2) is 47.4 Å². The maximum atomic E-state index is 11.5. The zero-order valence-electron chi connectivity index (χ0n) is 12.1. The zero-order valence-corrected chi connectivity index (χ0v) is 12.9. The van der Waals surface area contributed by atoms with Gasteiger partial charge in [0.25, 0.3) is 0 Å². The highest BCUT2D eigenvalue weighted by Crippen LogP contribution is 2.36. The molecule has 120 valence electrons. The molecule has 0 bridgehead atoms. The molecule has 23 heavy (non-hydrogen) atoms. The van der Waals surface area contributed by atoms with Gasteiger partial charge in [-0.15, -0.1) is 0 Å². The van der Waals surface area contributed by atoms with Crippen molar-refractivity contribution in [1.29, 1.82) is 0 Å². The first-order chi connectivity index (χ1) is 10.9. The van der Waals surface area contributed by atoms with Gasteiger partial charge in [0.15, 0.2) is 4.90 Å². The molecule has 0 heterocycles. The maximum Gasteiger partial charge on any atom is 0.312 e. The number of nitro benzene ring substituents is 1. The van der Waals surface area contributed by atoms with E-state index in [1.54, 1.807) is 0 Å². The Bertz CT molecular complexity index is 880. The molecule has 0 spiro atoms. The number of anilines is 1. The van der Waals surface area contributed by atoms with E-state index in [-0.39, 0.29) is 11.6 Å². The van der Waals surface area contributed by atoms with Crippen molar-refractivity contribution in [2.45, 2.75) is 17.2 Å². The van der Waals surface area contributed by atoms with Crippen LogP contribution in [-0.2, 0) is 16.4 Å². The third-order valence-corrected chi connectivity index (χ3v) is 4.93. The summed E-state index contributed by atoms with van der Waals surface area (Å²) < 4.78 is 23.1. The summed E-state index contributed by atoms with van der Waals surface area (Å²) in [7, 11) is -4.16. The lowest BCUT2D eigenvalue weighted by atomic mass is 9.77. The molecule has 3 N–H and O–H groups in total. The number of primary sulfonamides is 1. The minimum absolute atomic E-state index is 0.158. The molecule has 0 saturated heterocycles. The third kappa shape index (κ3) is 2.90. The Morgan fingerprint density at radius 2 is 1.96 bits per heavy atom. The lowest BCUT2D eigenvalue weighted by Gasteiger charge is -2.30. The Morgan fingerprint density at radius 3 is 2.61 bits per heavy atom. The number of nitrogens with zero attached hydrogens (tertiary/aromatic N) is 1. The molecule has 1 atom stereocenters. The summed E-state index contributed by atoms with van der Waals surface area (Å²) in [6.45, 7) is 0.492. The second-order valence-electron chi connectivity index (χ2n) is 5.44. The van der Waals surface area contributed by atoms with Crippen molar-refractivity contribution in [3.63, 3.8) is 0 Å². The lowest BCUT2D eigenvalue weighted by Crippen LogP contribution is -2.24. The van der Waals surface area contributed by atoms with Crippen molar-refractivity contribution in [3.05, 3.63) is 63.7 Å². The molecular weight excluding hydrogens is 318 g/mol. The fraction of sp³-hybridized carbons (Fsp3) is 0.200. The number of sulfonamides is 1. The van der Waals surface area contributed by atoms with Crippen LogP contribution in [0.4, 0.5) is 11.4 Å². The van der Waals surface area contributed by atoms with E-state index in [1.807, 2.05) is 18.2 Å². The summed E-state index contributed by atoms with van der Waals surface area (Å²) in [6.07, 6.45) is 0.895. The SMILES string of the molecule is NS(=O)(=O)c1cccc(NC[C@H]2Cc3ccccc32)c1[N+](=O)[O-]. The van der Waals surface area contributed by atoms with Crippen molar-refractivity contribution in [3.8, 4) is 0 Å². The number of para-hydroxylation sites is 1. The van der Waals surface area contributed by atoms with Crippen LogP contribution >= 0.6 is 0 Å². The molecule has 2 aromatic rings. The summed E-state index contributed by atoms with van der Waals surface area (Å²) in [5.41, 5.74) is 2.13. The summed E-state index contributed by atoms with van der Waals surface area (Å²) in [5, 5.41) is 19.3. The second kappa shape index (κ2) is 5.64. The fourth-order valence-electron chi connectivity index (χ4n) is 2.86. The molecule has 0 radical (unpaired) electrons. The van der Waals surface area contributed by atoms with Crippen LogP contribution in [0, 0.1) is 10.1 Å². The number of nitrogens with one attached hydrogen (secondary N) is 1. The lowest BCUT2D eigenvalue weighted by molar-refractivity contribution is -0.386. The molecule has 0 fully saturated rings. The summed E-state index contributed by atoms with van der Waals surface area (Å²) in [4.78, 5) is 10.1. The monoisotopic (exact) mass is 333 g/mol. The van der Waals surface area contributed by atoms with Gasteiger partial charge in [-0.2, -0.15) is 0 Å². The third-order valence-electron chi connectivity index (χ3n) is 3.99. The Hall–Kier alpha value is -2.45. The topological polar surface area (TPSA) is 115 Å². The van der Waals surface area contributed by atoms with Crippen molar-refractivity contribution >= 4 is 21.4 Å². The van der Waals surface area contributed by atoms with Crippen molar-refractivity contribution in [2.75, 3.05) is 11.9 Å². The molecular formula is C15H15N3O4S. The van der Waals surface area contributed by atoms with E-state index in [1.165, 1.54) is 23.3 Å². The molecule has 1 aliphatic rings. The van der Waals surface area contributed by atoms with E-state index in [2.05, 4.69) is 11.4 Å². The van der Waals surface area contributed by atoms with Crippen LogP contribution in [0.5, 0.6) is 0 Å². The molecule has 1 aliphatic carbocycles. The highest BCUT2D eigenvalue weighted by atomic mass is 32.2. The fourth-order valence-corrected chi connectivity index (χ4v) is 3.58. The molecule has 8 heteroatoms. The average molecular weight is 333 g/mol. The van der Waals surface area contributed by atoms with Crippen molar-refractivity contribution < 1.29 is 13.3 Å². The number of nitrogens with two attached hydrogens (primary N) is 1. The van der Waals surface area contributed by atoms with Crippen LogP contribution in [0.1, 0.15) is 17.0 Å². The minimum atomic E-state index is -4.16. The Labute approximate surface area is 133 Å². The van der Waals surface area contributed by atoms with Crippen LogP contribution in [0.25, 0.3) is 0 Å². The molecule has 7 nitrogen and oxygen atoms in total. The smallest absolute Gasteiger partial charge is 0.312 e. The number of nitro groups is 1. The molecule has 0 aliphatic heterocycles. The standard InChI is InChI=1S/C15H15N3O4S/c16-23(21,22)14-7-3-6-13(15(14)18(19)20)17-9-11-8-10-4-1-2-5-12(10)11/h1-7,11,17H,8-9H2,(H2,16,21,22)/t11-/m1/s1. The zero-order chi connectivity index (χ0) is 16.6. The number of benzene rings is 2. The molecule has 3 rings (SSSR count). The van der Waals surface area contributed by atoms with Crippen molar-refractivity contribution in [2.24, 2.45) is 5.14 Å². The highest BCUT2D eigenvalue weighted by Gasteiger charge is 2.29. The van der Waals surface area contributed by atoms with Gasteiger partial charge in [0.2, 0.25) is 10.0 Å². The van der Waals surface area contributed by atoms with Crippen molar-refractivity contribution in [1.82, 2.24) is 0 Å². The Morgan fingerprint density at radius 1 is 1.22 bits per heavy atom. The van der Waals surface area contributed by atoms with E-state index in [4.69, 9.17) is 5.14 Å². The Kier molecular flexibility index (Phi) is 3.78. The van der Waals surface area contributed by atoms with E-state index >= 15 is 0 Å². The predicted octanol–water partition coefficient (Wildman–Crippen LogP) is 1.99. The van der Waals surface area contributed by atoms with E-state index < -0.39 is 25.5 Å². The predicted molar refractivity (Wildman–Crippen MR) is 85.8 cm³/mol. The highest BCUT2D eigenvalue weighted by molar-refractivity contribution is 7.89. The molecule has 0 unspecified atom stereocenters. The first-order valence-corrected chi connectivity index (χ1v) is 8.54. The first kappa shape index (κ1) is 15.4. The molecule has 2 aromatic carbocycles. The van der Waals surface area contributed by atoms with Gasteiger partial charge in [0.05, 0.1) is 4.92 Å². The number of fused-ring (bicyclic) bond motifs is 1. The van der Waals surface area contributed by atoms with Gasteiger partial charge in [-0.25, -0.2) is 13.6 Å². The van der Waals surface area contributed by atoms with Gasteiger partial charge in [0.1, 0.15) is 5.69 Å². The first-order valence-electron chi connectivity index (χ1n) is 7.00. The largest absolute Gasteiger partial charge is 0.379 e. The van der Waals surface area contributed by atoms with Gasteiger partial charge in [-0.3, -0.25) is 10.1 Å². The average Bonchev–Trinajstić information content (AvgIpc) is 2.46. The van der Waals surface area contributed by atoms with E-state index in [0.717, 1.165) is 12.5 Å². The quantitative estimate of drug-likeness (QED) is 0.641. The van der Waals surface area contributed by atoms with Gasteiger partial charge in [-0.05, 0) is 29.7 Å². The van der Waals surface area contributed by atoms with E-state index in [0.29, 0.717) is 6.54 Å². The van der Waals surface area contributed by atoms with Gasteiger partial charge >= 0.3 is 5.69 Å². The number of hydrogen-bond acceptors (Lipinski definition) is 5. The van der Waals surface area contributed by atoms with Gasteiger partial charge < -0.3 is 5.32 Å². The van der Waals surface area contributed by atoms with Gasteiger partial charge in [0, 0.05) is 12.5 Å². The summed E-state index contributed by atoms with van der Waals surface area (Å²) >= 11 is 0. The maximum absolute atomic E-state index is 11.5. The second-order valence-corrected chi connectivity index (χ2v) is 6.97. The summed E-state index contributed by atoms with van der Waals surface area (Å²) in [6, 6.07) is 12.1. The molecule has 0 saturated carbocycles. The normalized spacial score (nSPS) is 16.3. The van der Waals surface area contributed by atoms with Crippen LogP contribution in [0.2, 0.25) is 0 Å². The summed E-state index contributed by atoms with van der Waals surface area (Å²) in [5.74, 6) is 0.254.